The molecule has 0 aliphatic carbocycles. The van der Waals surface area contributed by atoms with Crippen molar-refractivity contribution in [2.45, 2.75) is 12.3 Å². The topological polar surface area (TPSA) is 69.9 Å². The lowest BCUT2D eigenvalue weighted by atomic mass is 9.89. The van der Waals surface area contributed by atoms with Crippen LogP contribution in [0.15, 0.2) is 24.4 Å². The number of carbonyl (C=O) groups excluding carboxylic acids is 1. The van der Waals surface area contributed by atoms with Gasteiger partial charge >= 0.3 is 5.97 Å². The molecule has 3 aromatic rings. The third-order valence-electron chi connectivity index (χ3n) is 3.59. The van der Waals surface area contributed by atoms with Gasteiger partial charge in [0.1, 0.15) is 16.8 Å². The minimum Gasteiger partial charge on any atom is -0.426 e. The number of benzene rings is 1. The molecule has 20 heavy (non-hydrogen) atoms. The second-order valence-corrected chi connectivity index (χ2v) is 5.25. The summed E-state index contributed by atoms with van der Waals surface area (Å²) in [5, 5.41) is 4.19. The molecule has 0 radical (unpaired) electrons. The van der Waals surface area contributed by atoms with E-state index >= 15 is 0 Å². The smallest absolute Gasteiger partial charge is 0.312 e. The van der Waals surface area contributed by atoms with Gasteiger partial charge in [0.15, 0.2) is 0 Å². The minimum atomic E-state index is -0.230. The van der Waals surface area contributed by atoms with Crippen LogP contribution in [0, 0.1) is 0 Å². The zero-order valence-electron chi connectivity index (χ0n) is 10.6. The van der Waals surface area contributed by atoms with Crippen molar-refractivity contribution >= 4 is 28.7 Å². The average Bonchev–Trinajstić information content (AvgIpc) is 3.05. The first kappa shape index (κ1) is 11.5. The quantitative estimate of drug-likeness (QED) is 0.504. The van der Waals surface area contributed by atoms with Gasteiger partial charge in [0.25, 0.3) is 0 Å². The van der Waals surface area contributed by atoms with E-state index < -0.39 is 0 Å². The Labute approximate surface area is 118 Å². The largest absolute Gasteiger partial charge is 0.426 e. The number of rotatable bonds is 1. The lowest BCUT2D eigenvalue weighted by Crippen LogP contribution is -2.22. The molecule has 0 saturated heterocycles. The molecule has 4 rings (SSSR count). The highest BCUT2D eigenvalue weighted by molar-refractivity contribution is 7.00. The van der Waals surface area contributed by atoms with Gasteiger partial charge in [-0.3, -0.25) is 9.48 Å². The molecule has 0 N–H and O–H groups in total. The van der Waals surface area contributed by atoms with E-state index in [1.807, 2.05) is 19.2 Å². The Bertz CT molecular complexity index is 823. The van der Waals surface area contributed by atoms with E-state index in [0.29, 0.717) is 12.2 Å². The summed E-state index contributed by atoms with van der Waals surface area (Å²) in [6, 6.07) is 5.54. The minimum absolute atomic E-state index is 0.0913. The summed E-state index contributed by atoms with van der Waals surface area (Å²) in [4.78, 5) is 11.8. The number of carbonyl (C=O) groups is 1. The van der Waals surface area contributed by atoms with E-state index in [9.17, 15) is 4.79 Å². The summed E-state index contributed by atoms with van der Waals surface area (Å²) in [5.74, 6) is 0.255. The standard InChI is InChI=1S/C13H10N4O2S/c1-17-9(4-5-14-17)7-6-11(18)19-10-3-2-8-13(12(7)10)16-20-15-8/h2-5,7H,6H2,1H3. The van der Waals surface area contributed by atoms with Gasteiger partial charge in [-0.25, -0.2) is 0 Å². The van der Waals surface area contributed by atoms with Gasteiger partial charge in [-0.1, -0.05) is 0 Å². The molecule has 0 saturated carbocycles. The molecule has 7 heteroatoms. The fourth-order valence-corrected chi connectivity index (χ4v) is 3.24. The van der Waals surface area contributed by atoms with Crippen LogP contribution in [-0.4, -0.2) is 24.5 Å². The van der Waals surface area contributed by atoms with Crippen LogP contribution in [0.1, 0.15) is 23.6 Å². The van der Waals surface area contributed by atoms with Crippen LogP contribution < -0.4 is 4.74 Å². The van der Waals surface area contributed by atoms with Crippen LogP contribution >= 0.6 is 11.7 Å². The maximum Gasteiger partial charge on any atom is 0.312 e. The van der Waals surface area contributed by atoms with Gasteiger partial charge in [-0.15, -0.1) is 0 Å². The van der Waals surface area contributed by atoms with Crippen molar-refractivity contribution in [1.82, 2.24) is 18.5 Å². The highest BCUT2D eigenvalue weighted by Crippen LogP contribution is 2.41. The SMILES string of the molecule is Cn1nccc1C1CC(=O)Oc2ccc3nsnc3c21. The van der Waals surface area contributed by atoms with E-state index in [4.69, 9.17) is 4.74 Å². The van der Waals surface area contributed by atoms with Crippen molar-refractivity contribution in [3.05, 3.63) is 35.7 Å². The van der Waals surface area contributed by atoms with Crippen molar-refractivity contribution in [3.8, 4) is 5.75 Å². The van der Waals surface area contributed by atoms with Crippen molar-refractivity contribution in [3.63, 3.8) is 0 Å². The van der Waals surface area contributed by atoms with Crippen LogP contribution in [0.25, 0.3) is 11.0 Å². The van der Waals surface area contributed by atoms with Gasteiger partial charge in [-0.2, -0.15) is 13.8 Å². The first-order valence-electron chi connectivity index (χ1n) is 6.18. The number of hydrogen-bond donors (Lipinski definition) is 0. The Balaban J connectivity index is 2.01. The lowest BCUT2D eigenvalue weighted by molar-refractivity contribution is -0.135. The second kappa shape index (κ2) is 4.11. The zero-order valence-corrected chi connectivity index (χ0v) is 11.4. The molecule has 0 amide bonds. The maximum atomic E-state index is 11.8. The molecule has 0 spiro atoms. The molecular formula is C13H10N4O2S. The van der Waals surface area contributed by atoms with Crippen LogP contribution in [0.3, 0.4) is 0 Å². The Morgan fingerprint density at radius 1 is 1.35 bits per heavy atom. The van der Waals surface area contributed by atoms with Crippen molar-refractivity contribution in [2.75, 3.05) is 0 Å². The summed E-state index contributed by atoms with van der Waals surface area (Å²) in [6.07, 6.45) is 2.03. The van der Waals surface area contributed by atoms with Gasteiger partial charge in [0.2, 0.25) is 0 Å². The molecule has 1 aromatic carbocycles. The number of ether oxygens (including phenoxy) is 1. The van der Waals surface area contributed by atoms with Crippen LogP contribution in [0.5, 0.6) is 5.75 Å². The van der Waals surface area contributed by atoms with Gasteiger partial charge in [0, 0.05) is 30.4 Å². The first-order valence-corrected chi connectivity index (χ1v) is 6.91. The molecular weight excluding hydrogens is 276 g/mol. The van der Waals surface area contributed by atoms with Gasteiger partial charge in [0.05, 0.1) is 18.1 Å². The summed E-state index contributed by atoms with van der Waals surface area (Å²) < 4.78 is 15.7. The number of hydrogen-bond acceptors (Lipinski definition) is 6. The third-order valence-corrected chi connectivity index (χ3v) is 4.13. The molecule has 1 aliphatic rings. The van der Waals surface area contributed by atoms with Crippen LogP contribution in [0.4, 0.5) is 0 Å². The van der Waals surface area contributed by atoms with E-state index in [1.54, 1.807) is 16.9 Å². The van der Waals surface area contributed by atoms with E-state index in [-0.39, 0.29) is 11.9 Å². The molecule has 1 aliphatic heterocycles. The molecule has 3 heterocycles. The van der Waals surface area contributed by atoms with Crippen LogP contribution in [0.2, 0.25) is 0 Å². The molecule has 2 aromatic heterocycles. The lowest BCUT2D eigenvalue weighted by Gasteiger charge is -2.24. The first-order chi connectivity index (χ1) is 9.74. The van der Waals surface area contributed by atoms with E-state index in [0.717, 1.165) is 22.3 Å². The predicted molar refractivity (Wildman–Crippen MR) is 72.7 cm³/mol. The number of nitrogens with zero attached hydrogens (tertiary/aromatic N) is 4. The molecule has 1 atom stereocenters. The monoisotopic (exact) mass is 286 g/mol. The third kappa shape index (κ3) is 1.56. The fourth-order valence-electron chi connectivity index (χ4n) is 2.69. The molecule has 1 unspecified atom stereocenters. The number of fused-ring (bicyclic) bond motifs is 3. The number of esters is 1. The highest BCUT2D eigenvalue weighted by atomic mass is 32.1. The molecule has 100 valence electrons. The second-order valence-electron chi connectivity index (χ2n) is 4.72. The van der Waals surface area contributed by atoms with Gasteiger partial charge < -0.3 is 4.74 Å². The Kier molecular flexibility index (Phi) is 2.37. The zero-order chi connectivity index (χ0) is 13.7. The molecule has 6 nitrogen and oxygen atoms in total. The normalized spacial score (nSPS) is 18.1. The van der Waals surface area contributed by atoms with E-state index in [1.165, 1.54) is 11.7 Å². The average molecular weight is 286 g/mol. The number of aromatic nitrogens is 4. The summed E-state index contributed by atoms with van der Waals surface area (Å²) in [5.41, 5.74) is 3.55. The van der Waals surface area contributed by atoms with Crippen LogP contribution in [-0.2, 0) is 11.8 Å². The maximum absolute atomic E-state index is 11.8. The Morgan fingerprint density at radius 2 is 2.25 bits per heavy atom. The Hall–Kier alpha value is -2.28. The van der Waals surface area contributed by atoms with Crippen molar-refractivity contribution < 1.29 is 9.53 Å². The highest BCUT2D eigenvalue weighted by Gasteiger charge is 2.32. The van der Waals surface area contributed by atoms with E-state index in [2.05, 4.69) is 13.8 Å². The van der Waals surface area contributed by atoms with Crippen molar-refractivity contribution in [2.24, 2.45) is 7.05 Å². The van der Waals surface area contributed by atoms with Gasteiger partial charge in [-0.05, 0) is 18.2 Å². The Morgan fingerprint density at radius 3 is 3.05 bits per heavy atom. The summed E-state index contributed by atoms with van der Waals surface area (Å²) >= 11 is 1.17. The van der Waals surface area contributed by atoms with Crippen molar-refractivity contribution in [1.29, 1.82) is 0 Å². The predicted octanol–water partition coefficient (Wildman–Crippen LogP) is 1.87. The molecule has 0 fully saturated rings. The summed E-state index contributed by atoms with van der Waals surface area (Å²) in [6.45, 7) is 0. The molecule has 0 bridgehead atoms. The number of aryl methyl sites for hydroxylation is 1. The summed E-state index contributed by atoms with van der Waals surface area (Å²) in [7, 11) is 1.87. The fraction of sp³-hybridized carbons (Fsp3) is 0.231.